The molecule has 0 spiro atoms. The average Bonchev–Trinajstić information content (AvgIpc) is 3.06. The Hall–Kier alpha value is -3.88. The second-order valence-electron chi connectivity index (χ2n) is 8.87. The van der Waals surface area contributed by atoms with Crippen LogP contribution < -0.4 is 20.1 Å². The van der Waals surface area contributed by atoms with Crippen molar-refractivity contribution in [1.82, 2.24) is 15.5 Å². The largest absolute Gasteiger partial charge is 0.487 e. The normalized spacial score (nSPS) is 15.8. The van der Waals surface area contributed by atoms with E-state index in [0.29, 0.717) is 30.8 Å². The summed E-state index contributed by atoms with van der Waals surface area (Å²) in [5.41, 5.74) is 0.662. The summed E-state index contributed by atoms with van der Waals surface area (Å²) < 4.78 is 26.8. The molecule has 0 unspecified atom stereocenters. The first-order valence-electron chi connectivity index (χ1n) is 11.0. The van der Waals surface area contributed by atoms with Gasteiger partial charge in [0, 0.05) is 43.2 Å². The van der Waals surface area contributed by atoms with Crippen molar-refractivity contribution in [1.29, 1.82) is 5.41 Å². The van der Waals surface area contributed by atoms with E-state index in [1.165, 1.54) is 36.5 Å². The molecule has 1 saturated heterocycles. The maximum Gasteiger partial charge on any atom is 0.257 e. The van der Waals surface area contributed by atoms with E-state index in [4.69, 9.17) is 14.9 Å². The quantitative estimate of drug-likeness (QED) is 0.446. The van der Waals surface area contributed by atoms with Crippen LogP contribution in [0, 0.1) is 11.2 Å². The Morgan fingerprint density at radius 1 is 1.18 bits per heavy atom. The van der Waals surface area contributed by atoms with Gasteiger partial charge in [0.25, 0.3) is 11.8 Å². The van der Waals surface area contributed by atoms with Gasteiger partial charge in [-0.2, -0.15) is 0 Å². The molecule has 0 atom stereocenters. The standard InChI is InChI=1S/C25H27FN4O4/c1-25(2)14-17-20(12-16(13-21(17)34-25)23(31)29-22(27)7-8-28-3)33-19-6-5-15(11-18(19)26)24(32)30-9-4-10-30/h5-8,11-13,28H,4,9-10,14H2,1-3H3,(H2,27,29,31)/b8-7-. The zero-order valence-electron chi connectivity index (χ0n) is 19.3. The fourth-order valence-corrected chi connectivity index (χ4v) is 3.81. The molecule has 34 heavy (non-hydrogen) atoms. The predicted octanol–water partition coefficient (Wildman–Crippen LogP) is 3.62. The smallest absolute Gasteiger partial charge is 0.257 e. The van der Waals surface area contributed by atoms with Crippen molar-refractivity contribution in [3.63, 3.8) is 0 Å². The first kappa shape index (κ1) is 23.3. The lowest BCUT2D eigenvalue weighted by Crippen LogP contribution is -2.42. The van der Waals surface area contributed by atoms with Crippen molar-refractivity contribution < 1.29 is 23.5 Å². The summed E-state index contributed by atoms with van der Waals surface area (Å²) in [6, 6.07) is 7.22. The zero-order chi connectivity index (χ0) is 24.5. The number of hydrogen-bond donors (Lipinski definition) is 3. The molecule has 2 aromatic carbocycles. The number of rotatable bonds is 6. The number of fused-ring (bicyclic) bond motifs is 1. The van der Waals surface area contributed by atoms with Gasteiger partial charge in [-0.3, -0.25) is 15.0 Å². The van der Waals surface area contributed by atoms with Crippen molar-refractivity contribution in [3.8, 4) is 17.2 Å². The number of hydrogen-bond acceptors (Lipinski definition) is 6. The molecule has 2 heterocycles. The number of nitrogens with one attached hydrogen (secondary N) is 3. The SMILES string of the molecule is CN/C=C\C(=N)NC(=O)c1cc(Oc2ccc(C(=O)N3CCC3)cc2F)c2c(c1)OC(C)(C)C2. The van der Waals surface area contributed by atoms with E-state index >= 15 is 0 Å². The molecule has 178 valence electrons. The second-order valence-corrected chi connectivity index (χ2v) is 8.87. The number of amidine groups is 1. The van der Waals surface area contributed by atoms with Crippen LogP contribution in [0.15, 0.2) is 42.6 Å². The minimum atomic E-state index is -0.674. The summed E-state index contributed by atoms with van der Waals surface area (Å²) in [5, 5.41) is 13.1. The second kappa shape index (κ2) is 9.17. The van der Waals surface area contributed by atoms with Gasteiger partial charge in [-0.05, 0) is 62.9 Å². The number of carbonyl (C=O) groups excluding carboxylic acids is 2. The van der Waals surface area contributed by atoms with Gasteiger partial charge < -0.3 is 25.0 Å². The Bertz CT molecular complexity index is 1190. The number of halogens is 1. The molecule has 0 saturated carbocycles. The van der Waals surface area contributed by atoms with E-state index in [-0.39, 0.29) is 34.4 Å². The maximum absolute atomic E-state index is 14.9. The Morgan fingerprint density at radius 2 is 1.94 bits per heavy atom. The van der Waals surface area contributed by atoms with Gasteiger partial charge in [0.15, 0.2) is 11.6 Å². The van der Waals surface area contributed by atoms with E-state index in [2.05, 4.69) is 10.6 Å². The molecule has 0 radical (unpaired) electrons. The summed E-state index contributed by atoms with van der Waals surface area (Å²) in [5.74, 6) is -0.816. The highest BCUT2D eigenvalue weighted by Gasteiger charge is 2.34. The van der Waals surface area contributed by atoms with Crippen LogP contribution in [0.5, 0.6) is 17.2 Å². The number of ether oxygens (including phenoxy) is 2. The lowest BCUT2D eigenvalue weighted by molar-refractivity contribution is 0.0651. The minimum absolute atomic E-state index is 0.0608. The highest BCUT2D eigenvalue weighted by atomic mass is 19.1. The van der Waals surface area contributed by atoms with Crippen LogP contribution >= 0.6 is 0 Å². The summed E-state index contributed by atoms with van der Waals surface area (Å²) in [7, 11) is 1.68. The van der Waals surface area contributed by atoms with E-state index in [0.717, 1.165) is 6.42 Å². The number of likely N-dealkylation sites (tertiary alicyclic amines) is 1. The van der Waals surface area contributed by atoms with E-state index in [9.17, 15) is 14.0 Å². The Balaban J connectivity index is 1.62. The van der Waals surface area contributed by atoms with Gasteiger partial charge in [-0.1, -0.05) is 0 Å². The van der Waals surface area contributed by atoms with Crippen LogP contribution in [0.1, 0.15) is 46.5 Å². The highest BCUT2D eigenvalue weighted by molar-refractivity contribution is 6.09. The first-order valence-corrected chi connectivity index (χ1v) is 11.0. The van der Waals surface area contributed by atoms with Gasteiger partial charge in [0.05, 0.1) is 0 Å². The Labute approximate surface area is 197 Å². The van der Waals surface area contributed by atoms with Crippen molar-refractivity contribution in [3.05, 3.63) is 65.1 Å². The van der Waals surface area contributed by atoms with Crippen LogP contribution in [-0.2, 0) is 6.42 Å². The summed E-state index contributed by atoms with van der Waals surface area (Å²) >= 11 is 0. The fraction of sp³-hybridized carbons (Fsp3) is 0.320. The molecule has 2 amide bonds. The first-order chi connectivity index (χ1) is 16.2. The van der Waals surface area contributed by atoms with Gasteiger partial charge in [0.2, 0.25) is 0 Å². The third-order valence-electron chi connectivity index (χ3n) is 5.63. The van der Waals surface area contributed by atoms with Crippen molar-refractivity contribution in [2.75, 3.05) is 20.1 Å². The van der Waals surface area contributed by atoms with Crippen LogP contribution in [-0.4, -0.2) is 48.3 Å². The lowest BCUT2D eigenvalue weighted by Gasteiger charge is -2.30. The predicted molar refractivity (Wildman–Crippen MR) is 125 cm³/mol. The van der Waals surface area contributed by atoms with Crippen LogP contribution in [0.2, 0.25) is 0 Å². The lowest BCUT2D eigenvalue weighted by atomic mass is 9.99. The molecule has 3 N–H and O–H groups in total. The average molecular weight is 467 g/mol. The summed E-state index contributed by atoms with van der Waals surface area (Å²) in [6.07, 6.45) is 4.38. The van der Waals surface area contributed by atoms with Crippen molar-refractivity contribution in [2.24, 2.45) is 0 Å². The third kappa shape index (κ3) is 4.88. The topological polar surface area (TPSA) is 104 Å². The number of carbonyl (C=O) groups is 2. The zero-order valence-corrected chi connectivity index (χ0v) is 19.3. The van der Waals surface area contributed by atoms with E-state index in [1.807, 2.05) is 13.8 Å². The minimum Gasteiger partial charge on any atom is -0.487 e. The number of nitrogens with zero attached hydrogens (tertiary/aromatic N) is 1. The molecule has 8 nitrogen and oxygen atoms in total. The molecule has 2 aliphatic rings. The molecule has 2 aliphatic heterocycles. The molecule has 0 bridgehead atoms. The molecule has 0 aliphatic carbocycles. The molecule has 1 fully saturated rings. The van der Waals surface area contributed by atoms with E-state index in [1.54, 1.807) is 18.0 Å². The number of amides is 2. The summed E-state index contributed by atoms with van der Waals surface area (Å²) in [6.45, 7) is 5.17. The van der Waals surface area contributed by atoms with Crippen LogP contribution in [0.4, 0.5) is 4.39 Å². The van der Waals surface area contributed by atoms with Gasteiger partial charge in [-0.15, -0.1) is 0 Å². The van der Waals surface area contributed by atoms with Crippen molar-refractivity contribution in [2.45, 2.75) is 32.3 Å². The maximum atomic E-state index is 14.9. The molecule has 0 aromatic heterocycles. The molecular weight excluding hydrogens is 439 g/mol. The van der Waals surface area contributed by atoms with Gasteiger partial charge in [0.1, 0.15) is 22.9 Å². The van der Waals surface area contributed by atoms with Gasteiger partial charge >= 0.3 is 0 Å². The highest BCUT2D eigenvalue weighted by Crippen LogP contribution is 2.43. The number of benzene rings is 2. The summed E-state index contributed by atoms with van der Waals surface area (Å²) in [4.78, 5) is 26.8. The third-order valence-corrected chi connectivity index (χ3v) is 5.63. The van der Waals surface area contributed by atoms with Crippen LogP contribution in [0.25, 0.3) is 0 Å². The van der Waals surface area contributed by atoms with Gasteiger partial charge in [-0.25, -0.2) is 4.39 Å². The monoisotopic (exact) mass is 466 g/mol. The Kier molecular flexibility index (Phi) is 6.28. The van der Waals surface area contributed by atoms with Crippen molar-refractivity contribution >= 4 is 17.6 Å². The molecular formula is C25H27FN4O4. The molecule has 9 heteroatoms. The fourth-order valence-electron chi connectivity index (χ4n) is 3.81. The van der Waals surface area contributed by atoms with E-state index < -0.39 is 17.3 Å². The molecule has 2 aromatic rings. The Morgan fingerprint density at radius 3 is 2.59 bits per heavy atom. The molecule has 4 rings (SSSR count). The van der Waals surface area contributed by atoms with Crippen LogP contribution in [0.3, 0.4) is 0 Å².